The summed E-state index contributed by atoms with van der Waals surface area (Å²) in [5.74, 6) is 1.77. The number of rotatable bonds is 14. The van der Waals surface area contributed by atoms with Gasteiger partial charge in [-0.3, -0.25) is 9.69 Å². The number of aryl methyl sites for hydroxylation is 2. The summed E-state index contributed by atoms with van der Waals surface area (Å²) in [6, 6.07) is 17.9. The largest absolute Gasteiger partial charge is 0.482 e. The summed E-state index contributed by atoms with van der Waals surface area (Å²) in [5.41, 5.74) is 5.46. The second-order valence-electron chi connectivity index (χ2n) is 16.0. The van der Waals surface area contributed by atoms with Crippen LogP contribution in [-0.4, -0.2) is 81.2 Å². The normalized spacial score (nSPS) is 20.6. The van der Waals surface area contributed by atoms with Gasteiger partial charge < -0.3 is 19.3 Å². The predicted molar refractivity (Wildman–Crippen MR) is 209 cm³/mol. The molecule has 0 bridgehead atoms. The molecule has 2 heterocycles. The fourth-order valence-corrected chi connectivity index (χ4v) is 8.90. The minimum atomic E-state index is -0.767. The van der Waals surface area contributed by atoms with Crippen molar-refractivity contribution < 1.29 is 18.7 Å². The molecule has 8 heteroatoms. The fraction of sp³-hybridized carbons (Fsp3) is 0.568. The molecule has 52 heavy (non-hydrogen) atoms. The summed E-state index contributed by atoms with van der Waals surface area (Å²) < 4.78 is 28.2. The number of Topliss-reactive ketones (excluding diaryl/α,β-unsaturated/α-hetero) is 1. The Bertz CT molecular complexity index is 1700. The van der Waals surface area contributed by atoms with E-state index in [0.717, 1.165) is 127 Å². The van der Waals surface area contributed by atoms with Crippen LogP contribution in [0.5, 0.6) is 5.75 Å². The van der Waals surface area contributed by atoms with Crippen LogP contribution in [0.15, 0.2) is 54.6 Å². The Morgan fingerprint density at radius 1 is 0.885 bits per heavy atom. The van der Waals surface area contributed by atoms with Gasteiger partial charge in [0.25, 0.3) is 0 Å². The van der Waals surface area contributed by atoms with Crippen LogP contribution in [0.25, 0.3) is 0 Å². The first-order valence-electron chi connectivity index (χ1n) is 19.9. The molecule has 2 saturated heterocycles. The highest BCUT2D eigenvalue weighted by molar-refractivity contribution is 6.30. The number of ketones is 1. The first-order chi connectivity index (χ1) is 25.2. The summed E-state index contributed by atoms with van der Waals surface area (Å²) in [4.78, 5) is 20.9. The smallest absolute Gasteiger partial charge is 0.166 e. The highest BCUT2D eigenvalue weighted by atomic mass is 35.5. The molecule has 0 amide bonds. The van der Waals surface area contributed by atoms with Crippen molar-refractivity contribution >= 4 is 23.1 Å². The highest BCUT2D eigenvalue weighted by Crippen LogP contribution is 2.48. The number of benzene rings is 3. The van der Waals surface area contributed by atoms with Crippen LogP contribution in [0.2, 0.25) is 5.02 Å². The number of anilines is 1. The zero-order chi connectivity index (χ0) is 36.2. The molecule has 3 aromatic rings. The molecule has 3 aromatic carbocycles. The molecule has 7 rings (SSSR count). The lowest BCUT2D eigenvalue weighted by Crippen LogP contribution is -2.44. The van der Waals surface area contributed by atoms with Crippen molar-refractivity contribution in [1.82, 2.24) is 9.80 Å². The number of nitrogens with zero attached hydrogens (tertiary/aromatic N) is 3. The maximum atomic E-state index is 15.5. The van der Waals surface area contributed by atoms with Gasteiger partial charge >= 0.3 is 0 Å². The second kappa shape index (κ2) is 16.6. The number of carbonyl (C=O) groups excluding carboxylic acids is 1. The predicted octanol–water partition coefficient (Wildman–Crippen LogP) is 9.19. The van der Waals surface area contributed by atoms with E-state index < -0.39 is 5.60 Å². The quantitative estimate of drug-likeness (QED) is 0.154. The van der Waals surface area contributed by atoms with Crippen LogP contribution in [0.1, 0.15) is 96.8 Å². The van der Waals surface area contributed by atoms with Gasteiger partial charge in [0.2, 0.25) is 0 Å². The van der Waals surface area contributed by atoms with Crippen molar-refractivity contribution in [2.45, 2.75) is 83.7 Å². The number of carbonyl (C=O) groups is 1. The topological polar surface area (TPSA) is 45.2 Å². The Morgan fingerprint density at radius 3 is 2.21 bits per heavy atom. The number of hydrogen-bond donors (Lipinski definition) is 0. The van der Waals surface area contributed by atoms with E-state index in [1.807, 2.05) is 12.1 Å². The van der Waals surface area contributed by atoms with Gasteiger partial charge in [-0.2, -0.15) is 0 Å². The van der Waals surface area contributed by atoms with E-state index in [1.54, 1.807) is 6.07 Å². The summed E-state index contributed by atoms with van der Waals surface area (Å²) in [5, 5.41) is 0.406. The van der Waals surface area contributed by atoms with Crippen LogP contribution in [-0.2, 0) is 10.3 Å². The van der Waals surface area contributed by atoms with Crippen molar-refractivity contribution in [3.05, 3.63) is 93.3 Å². The zero-order valence-corrected chi connectivity index (χ0v) is 32.2. The number of hydrogen-bond acceptors (Lipinski definition) is 6. The number of ether oxygens (including phenoxy) is 2. The minimum absolute atomic E-state index is 0.198. The van der Waals surface area contributed by atoms with E-state index >= 15 is 4.39 Å². The molecule has 4 fully saturated rings. The van der Waals surface area contributed by atoms with Crippen molar-refractivity contribution in [2.75, 3.05) is 70.5 Å². The number of halogens is 2. The lowest BCUT2D eigenvalue weighted by molar-refractivity contribution is -0.0203. The third kappa shape index (κ3) is 8.23. The molecule has 0 radical (unpaired) electrons. The zero-order valence-electron chi connectivity index (χ0n) is 31.5. The van der Waals surface area contributed by atoms with Gasteiger partial charge in [-0.25, -0.2) is 4.39 Å². The minimum Gasteiger partial charge on any atom is -0.482 e. The van der Waals surface area contributed by atoms with Gasteiger partial charge in [0.15, 0.2) is 5.78 Å². The summed E-state index contributed by atoms with van der Waals surface area (Å²) >= 11 is 6.17. The van der Waals surface area contributed by atoms with Crippen molar-refractivity contribution in [3.8, 4) is 5.75 Å². The summed E-state index contributed by atoms with van der Waals surface area (Å²) in [6.07, 6.45) is 8.52. The van der Waals surface area contributed by atoms with Gasteiger partial charge in [0.1, 0.15) is 17.2 Å². The second-order valence-corrected chi connectivity index (χ2v) is 16.4. The fourth-order valence-electron chi connectivity index (χ4n) is 8.74. The Balaban J connectivity index is 1.04. The Hall–Kier alpha value is -2.97. The van der Waals surface area contributed by atoms with Crippen LogP contribution in [0.3, 0.4) is 0 Å². The summed E-state index contributed by atoms with van der Waals surface area (Å²) in [7, 11) is 0. The average Bonchev–Trinajstić information content (AvgIpc) is 3.09. The molecule has 1 unspecified atom stereocenters. The lowest BCUT2D eigenvalue weighted by atomic mass is 9.70. The molecular formula is C44H57ClFN3O3. The van der Waals surface area contributed by atoms with E-state index in [9.17, 15) is 4.79 Å². The maximum absolute atomic E-state index is 15.5. The van der Waals surface area contributed by atoms with E-state index in [1.165, 1.54) is 29.3 Å². The van der Waals surface area contributed by atoms with Crippen LogP contribution in [0.4, 0.5) is 10.1 Å². The van der Waals surface area contributed by atoms with Gasteiger partial charge in [-0.15, -0.1) is 0 Å². The molecule has 1 atom stereocenters. The monoisotopic (exact) mass is 729 g/mol. The first kappa shape index (κ1) is 37.3. The molecule has 2 aliphatic heterocycles. The molecule has 4 aliphatic rings. The van der Waals surface area contributed by atoms with E-state index in [4.69, 9.17) is 21.1 Å². The van der Waals surface area contributed by atoms with E-state index in [-0.39, 0.29) is 17.7 Å². The average molecular weight is 730 g/mol. The Morgan fingerprint density at radius 2 is 1.58 bits per heavy atom. The Kier molecular flexibility index (Phi) is 11.9. The number of likely N-dealkylation sites (tertiary alicyclic amines) is 1. The van der Waals surface area contributed by atoms with Crippen molar-refractivity contribution in [3.63, 3.8) is 0 Å². The molecule has 0 aromatic heterocycles. The molecule has 2 aliphatic carbocycles. The highest BCUT2D eigenvalue weighted by Gasteiger charge is 2.44. The number of piperidine rings is 1. The first-order valence-corrected chi connectivity index (χ1v) is 20.2. The van der Waals surface area contributed by atoms with Gasteiger partial charge in [-0.1, -0.05) is 60.8 Å². The third-order valence-corrected chi connectivity index (χ3v) is 13.0. The maximum Gasteiger partial charge on any atom is 0.166 e. The van der Waals surface area contributed by atoms with Crippen LogP contribution in [0, 0.1) is 31.5 Å². The van der Waals surface area contributed by atoms with E-state index in [2.05, 4.69) is 65.8 Å². The Labute approximate surface area is 315 Å². The van der Waals surface area contributed by atoms with Crippen molar-refractivity contribution in [2.24, 2.45) is 11.8 Å². The van der Waals surface area contributed by atoms with Gasteiger partial charge in [0.05, 0.1) is 13.2 Å². The van der Waals surface area contributed by atoms with Crippen LogP contribution >= 0.6 is 11.6 Å². The van der Waals surface area contributed by atoms with Crippen LogP contribution < -0.4 is 9.64 Å². The third-order valence-electron chi connectivity index (χ3n) is 12.7. The molecule has 6 nitrogen and oxygen atoms in total. The molecule has 0 spiro atoms. The lowest BCUT2D eigenvalue weighted by Gasteiger charge is -2.44. The standard InChI is InChI=1S/C44H57ClFN3O3/c1-31-13-14-35(42(50)34-8-5-9-34)29-41(31)49(24-22-48-25-27-51-28-26-48)23-21-47-19-17-33(18-20-47)38-12-4-7-32(2)43(38)52-44(3,36-10-6-11-36)39-16-15-37(45)30-40(39)46/h4,7,12-16,29-30,33-34,36H,5-6,8-11,17-28H2,1-3H3. The molecular weight excluding hydrogens is 673 g/mol. The molecule has 2 saturated carbocycles. The van der Waals surface area contributed by atoms with Gasteiger partial charge in [-0.05, 0) is 113 Å². The summed E-state index contributed by atoms with van der Waals surface area (Å²) in [6.45, 7) is 15.8. The number of morpholine rings is 1. The van der Waals surface area contributed by atoms with Crippen molar-refractivity contribution in [1.29, 1.82) is 0 Å². The number of para-hydroxylation sites is 1. The molecule has 280 valence electrons. The van der Waals surface area contributed by atoms with Gasteiger partial charge in [0, 0.05) is 72.9 Å². The SMILES string of the molecule is Cc1ccc(C(=O)C2CCC2)cc1N(CCN1CCOCC1)CCN1CCC(c2cccc(C)c2OC(C)(c2ccc(Cl)cc2F)C2CCC2)CC1. The van der Waals surface area contributed by atoms with E-state index in [0.29, 0.717) is 22.3 Å². The molecule has 0 N–H and O–H groups in total.